The van der Waals surface area contributed by atoms with Crippen molar-refractivity contribution in [1.82, 2.24) is 0 Å². The molecule has 1 atom stereocenters. The van der Waals surface area contributed by atoms with Gasteiger partial charge in [-0.1, -0.05) is 6.92 Å². The summed E-state index contributed by atoms with van der Waals surface area (Å²) in [5.41, 5.74) is 1.64. The van der Waals surface area contributed by atoms with Crippen LogP contribution in [0.2, 0.25) is 0 Å². The van der Waals surface area contributed by atoms with Gasteiger partial charge in [0.2, 0.25) is 5.91 Å². The van der Waals surface area contributed by atoms with Gasteiger partial charge in [0.15, 0.2) is 0 Å². The van der Waals surface area contributed by atoms with Crippen molar-refractivity contribution in [2.45, 2.75) is 19.3 Å². The highest BCUT2D eigenvalue weighted by molar-refractivity contribution is 5.92. The molecular weight excluding hydrogens is 302 g/mol. The second kappa shape index (κ2) is 5.92. The normalized spacial score (nSPS) is 13.9. The highest BCUT2D eigenvalue weighted by Gasteiger charge is 2.37. The molecule has 1 amide bonds. The molecule has 0 saturated carbocycles. The number of nitrogens with two attached hydrogens (primary N) is 1. The van der Waals surface area contributed by atoms with Crippen molar-refractivity contribution in [1.29, 1.82) is 0 Å². The van der Waals surface area contributed by atoms with Crippen LogP contribution in [-0.4, -0.2) is 12.5 Å². The van der Waals surface area contributed by atoms with E-state index in [1.165, 1.54) is 6.92 Å². The molecule has 0 heterocycles. The van der Waals surface area contributed by atoms with Crippen LogP contribution in [0, 0.1) is 5.92 Å². The Hall–Kier alpha value is -1.77. The van der Waals surface area contributed by atoms with E-state index < -0.39 is 41.0 Å². The second-order valence-electron chi connectivity index (χ2n) is 4.42. The van der Waals surface area contributed by atoms with E-state index in [9.17, 15) is 31.1 Å². The van der Waals surface area contributed by atoms with Crippen molar-refractivity contribution in [3.63, 3.8) is 0 Å². The number of nitrogens with one attached hydrogen (secondary N) is 1. The van der Waals surface area contributed by atoms with Crippen LogP contribution in [0.3, 0.4) is 0 Å². The van der Waals surface area contributed by atoms with E-state index in [-0.39, 0.29) is 12.6 Å². The molecule has 0 radical (unpaired) electrons. The predicted molar refractivity (Wildman–Crippen MR) is 63.3 cm³/mol. The lowest BCUT2D eigenvalue weighted by Gasteiger charge is -2.16. The minimum absolute atomic E-state index is 0.0119. The summed E-state index contributed by atoms with van der Waals surface area (Å²) in [6.45, 7) is 1.31. The first-order valence-corrected chi connectivity index (χ1v) is 5.75. The molecule has 0 saturated heterocycles. The lowest BCUT2D eigenvalue weighted by molar-refractivity contribution is -0.143. The molecule has 3 N–H and O–H groups in total. The summed E-state index contributed by atoms with van der Waals surface area (Å²) in [5, 5.41) is 2.00. The lowest BCUT2D eigenvalue weighted by atomic mass is 10.1. The van der Waals surface area contributed by atoms with Crippen molar-refractivity contribution in [2.24, 2.45) is 11.7 Å². The highest BCUT2D eigenvalue weighted by Crippen LogP contribution is 2.37. The van der Waals surface area contributed by atoms with Crippen LogP contribution in [0.5, 0.6) is 0 Å². The first-order chi connectivity index (χ1) is 9.45. The maximum atomic E-state index is 12.6. The Morgan fingerprint density at radius 1 is 1.10 bits per heavy atom. The number of benzene rings is 1. The number of amides is 1. The van der Waals surface area contributed by atoms with Gasteiger partial charge in [0.05, 0.1) is 11.1 Å². The Bertz CT molecular complexity index is 491. The average Bonchev–Trinajstić information content (AvgIpc) is 2.35. The van der Waals surface area contributed by atoms with Gasteiger partial charge < -0.3 is 11.1 Å². The maximum absolute atomic E-state index is 12.6. The molecule has 0 bridgehead atoms. The number of alkyl halides is 6. The zero-order valence-corrected chi connectivity index (χ0v) is 10.8. The summed E-state index contributed by atoms with van der Waals surface area (Å²) in [5.74, 6) is -1.50. The molecule has 0 fully saturated rings. The van der Waals surface area contributed by atoms with Gasteiger partial charge in [-0.3, -0.25) is 4.79 Å². The summed E-state index contributed by atoms with van der Waals surface area (Å²) in [6.07, 6.45) is -9.92. The van der Waals surface area contributed by atoms with Crippen molar-refractivity contribution < 1.29 is 31.1 Å². The van der Waals surface area contributed by atoms with Gasteiger partial charge in [-0.05, 0) is 18.2 Å². The summed E-state index contributed by atoms with van der Waals surface area (Å²) >= 11 is 0. The fraction of sp³-hybridized carbons (Fsp3) is 0.417. The summed E-state index contributed by atoms with van der Waals surface area (Å²) in [6, 6.07) is 0.870. The number of rotatable bonds is 3. The van der Waals surface area contributed by atoms with Crippen molar-refractivity contribution >= 4 is 11.6 Å². The Balaban J connectivity index is 3.23. The number of carbonyl (C=O) groups is 1. The van der Waals surface area contributed by atoms with E-state index in [0.29, 0.717) is 12.1 Å². The minimum Gasteiger partial charge on any atom is -0.330 e. The first-order valence-electron chi connectivity index (χ1n) is 5.75. The molecule has 0 aliphatic heterocycles. The van der Waals surface area contributed by atoms with Crippen LogP contribution in [-0.2, 0) is 17.1 Å². The average molecular weight is 314 g/mol. The Morgan fingerprint density at radius 2 is 1.52 bits per heavy atom. The van der Waals surface area contributed by atoms with Gasteiger partial charge in [-0.2, -0.15) is 26.3 Å². The van der Waals surface area contributed by atoms with Crippen LogP contribution in [0.15, 0.2) is 18.2 Å². The third kappa shape index (κ3) is 4.62. The fourth-order valence-electron chi connectivity index (χ4n) is 1.40. The van der Waals surface area contributed by atoms with Crippen LogP contribution >= 0.6 is 0 Å². The van der Waals surface area contributed by atoms with E-state index in [0.717, 1.165) is 0 Å². The minimum atomic E-state index is -4.96. The third-order valence-corrected chi connectivity index (χ3v) is 2.66. The smallest absolute Gasteiger partial charge is 0.330 e. The van der Waals surface area contributed by atoms with Gasteiger partial charge in [0.25, 0.3) is 0 Å². The zero-order chi connectivity index (χ0) is 16.4. The summed E-state index contributed by atoms with van der Waals surface area (Å²) in [4.78, 5) is 11.5. The van der Waals surface area contributed by atoms with Gasteiger partial charge >= 0.3 is 12.4 Å². The van der Waals surface area contributed by atoms with Crippen molar-refractivity contribution in [3.05, 3.63) is 29.3 Å². The molecule has 3 nitrogen and oxygen atoms in total. The molecular formula is C12H12F6N2O. The molecule has 21 heavy (non-hydrogen) atoms. The molecule has 9 heteroatoms. The third-order valence-electron chi connectivity index (χ3n) is 2.66. The Kier molecular flexibility index (Phi) is 4.87. The number of carbonyl (C=O) groups excluding carboxylic acids is 1. The molecule has 1 rings (SSSR count). The molecule has 118 valence electrons. The fourth-order valence-corrected chi connectivity index (χ4v) is 1.40. The SMILES string of the molecule is CC(CN)C(=O)Nc1cc(C(F)(F)F)cc(C(F)(F)F)c1. The standard InChI is InChI=1S/C12H12F6N2O/c1-6(5-19)10(21)20-9-3-7(11(13,14)15)2-8(4-9)12(16,17)18/h2-4,6H,5,19H2,1H3,(H,20,21). The van der Waals surface area contributed by atoms with E-state index in [2.05, 4.69) is 0 Å². The molecule has 1 aromatic carbocycles. The lowest BCUT2D eigenvalue weighted by Crippen LogP contribution is -2.27. The van der Waals surface area contributed by atoms with Crippen LogP contribution in [0.1, 0.15) is 18.1 Å². The number of hydrogen-bond donors (Lipinski definition) is 2. The zero-order valence-electron chi connectivity index (χ0n) is 10.8. The molecule has 0 aliphatic rings. The molecule has 0 aliphatic carbocycles. The van der Waals surface area contributed by atoms with Crippen LogP contribution in [0.25, 0.3) is 0 Å². The monoisotopic (exact) mass is 314 g/mol. The van der Waals surface area contributed by atoms with E-state index in [1.54, 1.807) is 0 Å². The molecule has 0 spiro atoms. The number of halogens is 6. The van der Waals surface area contributed by atoms with E-state index >= 15 is 0 Å². The Labute approximate surface area is 116 Å². The Morgan fingerprint density at radius 3 is 1.86 bits per heavy atom. The highest BCUT2D eigenvalue weighted by atomic mass is 19.4. The van der Waals surface area contributed by atoms with E-state index in [4.69, 9.17) is 5.73 Å². The van der Waals surface area contributed by atoms with Gasteiger partial charge in [0.1, 0.15) is 0 Å². The van der Waals surface area contributed by atoms with E-state index in [1.807, 2.05) is 5.32 Å². The first kappa shape index (κ1) is 17.3. The topological polar surface area (TPSA) is 55.1 Å². The van der Waals surface area contributed by atoms with Gasteiger partial charge in [0, 0.05) is 18.2 Å². The molecule has 1 aromatic rings. The van der Waals surface area contributed by atoms with Crippen molar-refractivity contribution in [3.8, 4) is 0 Å². The van der Waals surface area contributed by atoms with Crippen LogP contribution in [0.4, 0.5) is 32.0 Å². The number of hydrogen-bond acceptors (Lipinski definition) is 2. The van der Waals surface area contributed by atoms with Gasteiger partial charge in [-0.15, -0.1) is 0 Å². The molecule has 0 aromatic heterocycles. The quantitative estimate of drug-likeness (QED) is 0.842. The largest absolute Gasteiger partial charge is 0.416 e. The molecule has 1 unspecified atom stereocenters. The summed E-state index contributed by atoms with van der Waals surface area (Å²) in [7, 11) is 0. The predicted octanol–water partition coefficient (Wildman–Crippen LogP) is 3.26. The maximum Gasteiger partial charge on any atom is 0.416 e. The van der Waals surface area contributed by atoms with Crippen molar-refractivity contribution in [2.75, 3.05) is 11.9 Å². The number of anilines is 1. The van der Waals surface area contributed by atoms with Gasteiger partial charge in [-0.25, -0.2) is 0 Å². The van der Waals surface area contributed by atoms with Crippen LogP contribution < -0.4 is 11.1 Å². The second-order valence-corrected chi connectivity index (χ2v) is 4.42. The summed E-state index contributed by atoms with van der Waals surface area (Å²) < 4.78 is 75.6.